The van der Waals surface area contributed by atoms with E-state index in [4.69, 9.17) is 4.74 Å². The molecule has 2 aromatic rings. The van der Waals surface area contributed by atoms with Gasteiger partial charge in [0, 0.05) is 29.9 Å². The molecule has 4 heterocycles. The lowest BCUT2D eigenvalue weighted by Crippen LogP contribution is -2.53. The minimum absolute atomic E-state index is 0.00851. The van der Waals surface area contributed by atoms with Crippen molar-refractivity contribution >= 4 is 23.2 Å². The van der Waals surface area contributed by atoms with Gasteiger partial charge in [0.25, 0.3) is 5.91 Å². The Morgan fingerprint density at radius 1 is 1.24 bits per heavy atom. The van der Waals surface area contributed by atoms with Crippen molar-refractivity contribution < 1.29 is 14.3 Å². The number of amides is 2. The third kappa shape index (κ3) is 4.33. The number of carbonyl (C=O) groups excluding carboxylic acids is 2. The molecule has 0 N–H and O–H groups in total. The lowest BCUT2D eigenvalue weighted by molar-refractivity contribution is -0.132. The van der Waals surface area contributed by atoms with Gasteiger partial charge in [-0.2, -0.15) is 0 Å². The number of ether oxygens (including phenoxy) is 1. The number of nitrogens with zero attached hydrogens (tertiary/aromatic N) is 4. The normalized spacial score (nSPS) is 19.4. The van der Waals surface area contributed by atoms with Gasteiger partial charge in [0.05, 0.1) is 48.5 Å². The Hall–Kier alpha value is -2.32. The molecule has 2 aliphatic rings. The zero-order valence-electron chi connectivity index (χ0n) is 16.9. The van der Waals surface area contributed by atoms with Crippen LogP contribution in [0.1, 0.15) is 45.9 Å². The molecule has 0 saturated carbocycles. The van der Waals surface area contributed by atoms with Crippen LogP contribution in [0.15, 0.2) is 23.8 Å². The molecule has 0 bridgehead atoms. The van der Waals surface area contributed by atoms with E-state index < -0.39 is 0 Å². The second kappa shape index (κ2) is 8.20. The number of piperidine rings is 1. The summed E-state index contributed by atoms with van der Waals surface area (Å²) in [5.41, 5.74) is 3.93. The predicted octanol–water partition coefficient (Wildman–Crippen LogP) is 2.58. The van der Waals surface area contributed by atoms with Gasteiger partial charge in [-0.1, -0.05) is 0 Å². The molecule has 2 saturated heterocycles. The molecule has 0 aliphatic carbocycles. The van der Waals surface area contributed by atoms with Crippen LogP contribution in [-0.2, 0) is 16.1 Å². The van der Waals surface area contributed by atoms with E-state index in [1.807, 2.05) is 41.3 Å². The quantitative estimate of drug-likeness (QED) is 0.772. The minimum Gasteiger partial charge on any atom is -0.372 e. The Morgan fingerprint density at radius 2 is 2.03 bits per heavy atom. The largest absolute Gasteiger partial charge is 0.372 e. The molecule has 0 radical (unpaired) electrons. The maximum atomic E-state index is 12.8. The molecule has 2 aliphatic heterocycles. The number of aryl methyl sites for hydroxylation is 2. The van der Waals surface area contributed by atoms with Gasteiger partial charge in [-0.3, -0.25) is 14.6 Å². The molecule has 8 heteroatoms. The van der Waals surface area contributed by atoms with Crippen molar-refractivity contribution in [1.29, 1.82) is 0 Å². The van der Waals surface area contributed by atoms with Gasteiger partial charge in [-0.05, 0) is 38.8 Å². The van der Waals surface area contributed by atoms with Gasteiger partial charge in [0.15, 0.2) is 0 Å². The summed E-state index contributed by atoms with van der Waals surface area (Å²) < 4.78 is 6.21. The van der Waals surface area contributed by atoms with E-state index in [9.17, 15) is 9.59 Å². The number of aromatic nitrogens is 2. The Kier molecular flexibility index (Phi) is 5.65. The molecular formula is C21H26N4O3S. The zero-order chi connectivity index (χ0) is 20.4. The van der Waals surface area contributed by atoms with Crippen molar-refractivity contribution in [2.75, 3.05) is 26.2 Å². The zero-order valence-corrected chi connectivity index (χ0v) is 17.7. The average Bonchev–Trinajstić information content (AvgIpc) is 3.05. The second-order valence-electron chi connectivity index (χ2n) is 7.87. The maximum Gasteiger partial charge on any atom is 0.255 e. The van der Waals surface area contributed by atoms with Crippen LogP contribution >= 0.6 is 11.3 Å². The molecule has 7 nitrogen and oxygen atoms in total. The van der Waals surface area contributed by atoms with Crippen molar-refractivity contribution in [3.63, 3.8) is 0 Å². The summed E-state index contributed by atoms with van der Waals surface area (Å²) >= 11 is 1.59. The molecule has 2 fully saturated rings. The van der Waals surface area contributed by atoms with E-state index in [0.29, 0.717) is 44.8 Å². The minimum atomic E-state index is -0.382. The highest BCUT2D eigenvalue weighted by Gasteiger charge is 2.41. The number of hydrogen-bond acceptors (Lipinski definition) is 6. The van der Waals surface area contributed by atoms with E-state index >= 15 is 0 Å². The predicted molar refractivity (Wildman–Crippen MR) is 110 cm³/mol. The van der Waals surface area contributed by atoms with Crippen LogP contribution in [0.25, 0.3) is 0 Å². The maximum absolute atomic E-state index is 12.8. The molecular weight excluding hydrogens is 388 g/mol. The van der Waals surface area contributed by atoms with Crippen LogP contribution in [0.4, 0.5) is 0 Å². The van der Waals surface area contributed by atoms with Gasteiger partial charge in [0.2, 0.25) is 5.91 Å². The third-order valence-electron chi connectivity index (χ3n) is 5.86. The van der Waals surface area contributed by atoms with Gasteiger partial charge in [0.1, 0.15) is 0 Å². The fraction of sp³-hybridized carbons (Fsp3) is 0.524. The van der Waals surface area contributed by atoms with Crippen molar-refractivity contribution in [2.45, 2.75) is 45.3 Å². The highest BCUT2D eigenvalue weighted by atomic mass is 32.1. The van der Waals surface area contributed by atoms with Crippen LogP contribution in [0, 0.1) is 13.8 Å². The lowest BCUT2D eigenvalue weighted by atomic mass is 9.90. The number of carbonyl (C=O) groups is 2. The fourth-order valence-corrected chi connectivity index (χ4v) is 4.78. The molecule has 29 heavy (non-hydrogen) atoms. The standard InChI is InChI=1S/C21H26N4O3S/c1-15-3-4-17(11-22-15)20(27)24-8-6-21(7-9-24)13-25(19(26)5-10-28-21)12-18-16(2)23-14-29-18/h3-4,11,14H,5-10,12-13H2,1-2H3. The first-order valence-corrected chi connectivity index (χ1v) is 10.9. The first-order chi connectivity index (χ1) is 14.0. The molecule has 154 valence electrons. The molecule has 1 spiro atoms. The third-order valence-corrected chi connectivity index (χ3v) is 6.78. The highest BCUT2D eigenvalue weighted by Crippen LogP contribution is 2.32. The smallest absolute Gasteiger partial charge is 0.255 e. The number of pyridine rings is 1. The van der Waals surface area contributed by atoms with Gasteiger partial charge >= 0.3 is 0 Å². The Labute approximate surface area is 174 Å². The van der Waals surface area contributed by atoms with E-state index in [1.54, 1.807) is 17.5 Å². The number of thiazole rings is 1. The molecule has 2 aromatic heterocycles. The SMILES string of the molecule is Cc1ccc(C(=O)N2CCC3(CC2)CN(Cc2scnc2C)C(=O)CCO3)cn1. The van der Waals surface area contributed by atoms with Crippen molar-refractivity contribution in [2.24, 2.45) is 0 Å². The van der Waals surface area contributed by atoms with Crippen LogP contribution < -0.4 is 0 Å². The molecule has 0 atom stereocenters. The topological polar surface area (TPSA) is 75.6 Å². The lowest BCUT2D eigenvalue weighted by Gasteiger charge is -2.42. The number of likely N-dealkylation sites (tertiary alicyclic amines) is 1. The van der Waals surface area contributed by atoms with E-state index in [1.165, 1.54) is 0 Å². The summed E-state index contributed by atoms with van der Waals surface area (Å²) in [5, 5.41) is 0. The molecule has 4 rings (SSSR count). The Morgan fingerprint density at radius 3 is 2.69 bits per heavy atom. The monoisotopic (exact) mass is 414 g/mol. The number of hydrogen-bond donors (Lipinski definition) is 0. The van der Waals surface area contributed by atoms with Crippen molar-refractivity contribution in [3.8, 4) is 0 Å². The van der Waals surface area contributed by atoms with Crippen LogP contribution in [0.3, 0.4) is 0 Å². The van der Waals surface area contributed by atoms with Crippen LogP contribution in [0.2, 0.25) is 0 Å². The summed E-state index contributed by atoms with van der Waals surface area (Å²) in [6.45, 7) is 6.71. The average molecular weight is 415 g/mol. The Bertz CT molecular complexity index is 888. The highest BCUT2D eigenvalue weighted by molar-refractivity contribution is 7.09. The van der Waals surface area contributed by atoms with Gasteiger partial charge in [-0.15, -0.1) is 11.3 Å². The van der Waals surface area contributed by atoms with E-state index in [0.717, 1.165) is 29.1 Å². The Balaban J connectivity index is 1.43. The number of rotatable bonds is 3. The first kappa shape index (κ1) is 20.0. The summed E-state index contributed by atoms with van der Waals surface area (Å²) in [6, 6.07) is 3.69. The van der Waals surface area contributed by atoms with E-state index in [2.05, 4.69) is 9.97 Å². The van der Waals surface area contributed by atoms with Crippen LogP contribution in [-0.4, -0.2) is 63.4 Å². The van der Waals surface area contributed by atoms with E-state index in [-0.39, 0.29) is 17.4 Å². The molecule has 0 aromatic carbocycles. The summed E-state index contributed by atoms with van der Waals surface area (Å²) in [7, 11) is 0. The van der Waals surface area contributed by atoms with Crippen molar-refractivity contribution in [3.05, 3.63) is 45.7 Å². The first-order valence-electron chi connectivity index (χ1n) is 9.98. The second-order valence-corrected chi connectivity index (χ2v) is 8.81. The fourth-order valence-electron chi connectivity index (χ4n) is 3.99. The van der Waals surface area contributed by atoms with Gasteiger partial charge < -0.3 is 14.5 Å². The van der Waals surface area contributed by atoms with Gasteiger partial charge in [-0.25, -0.2) is 4.98 Å². The summed E-state index contributed by atoms with van der Waals surface area (Å²) in [4.78, 5) is 38.8. The molecule has 0 unspecified atom stereocenters. The van der Waals surface area contributed by atoms with Crippen molar-refractivity contribution in [1.82, 2.24) is 19.8 Å². The summed E-state index contributed by atoms with van der Waals surface area (Å²) in [6.07, 6.45) is 3.49. The summed E-state index contributed by atoms with van der Waals surface area (Å²) in [5.74, 6) is 0.132. The van der Waals surface area contributed by atoms with Crippen LogP contribution in [0.5, 0.6) is 0 Å². The molecule has 2 amide bonds.